The Morgan fingerprint density at radius 2 is 2.14 bits per heavy atom. The van der Waals surface area contributed by atoms with Crippen molar-refractivity contribution in [1.82, 2.24) is 10.3 Å². The van der Waals surface area contributed by atoms with Gasteiger partial charge in [-0.25, -0.2) is 9.80 Å². The lowest BCUT2D eigenvalue weighted by Gasteiger charge is -2.12. The van der Waals surface area contributed by atoms with Crippen LogP contribution in [0.15, 0.2) is 23.3 Å². The first-order chi connectivity index (χ1) is 9.88. The van der Waals surface area contributed by atoms with Gasteiger partial charge in [-0.1, -0.05) is 6.07 Å². The minimum absolute atomic E-state index is 0.0640. The van der Waals surface area contributed by atoms with Crippen LogP contribution in [-0.2, 0) is 4.79 Å². The summed E-state index contributed by atoms with van der Waals surface area (Å²) < 4.78 is 0. The van der Waals surface area contributed by atoms with Crippen molar-refractivity contribution in [2.45, 2.75) is 0 Å². The van der Waals surface area contributed by atoms with E-state index >= 15 is 0 Å². The highest BCUT2D eigenvalue weighted by Crippen LogP contribution is 2.27. The molecular weight excluding hydrogens is 278 g/mol. The van der Waals surface area contributed by atoms with Gasteiger partial charge in [0.15, 0.2) is 0 Å². The Bertz CT molecular complexity index is 641. The fourth-order valence-corrected chi connectivity index (χ4v) is 1.81. The summed E-state index contributed by atoms with van der Waals surface area (Å²) in [7, 11) is 3.41. The van der Waals surface area contributed by atoms with Crippen molar-refractivity contribution in [3.05, 3.63) is 33.9 Å². The van der Waals surface area contributed by atoms with Crippen LogP contribution < -0.4 is 10.2 Å². The molecule has 1 aliphatic heterocycles. The van der Waals surface area contributed by atoms with Crippen molar-refractivity contribution < 1.29 is 14.5 Å². The molecule has 1 saturated heterocycles. The monoisotopic (exact) mass is 291 g/mol. The van der Waals surface area contributed by atoms with Crippen molar-refractivity contribution in [2.24, 2.45) is 5.10 Å². The first-order valence-corrected chi connectivity index (χ1v) is 5.99. The molecule has 0 saturated carbocycles. The van der Waals surface area contributed by atoms with Crippen LogP contribution in [0.1, 0.15) is 5.56 Å². The van der Waals surface area contributed by atoms with Gasteiger partial charge in [-0.3, -0.25) is 20.2 Å². The molecule has 0 radical (unpaired) electrons. The zero-order valence-corrected chi connectivity index (χ0v) is 11.4. The van der Waals surface area contributed by atoms with Crippen molar-refractivity contribution in [1.29, 1.82) is 0 Å². The molecule has 1 aromatic carbocycles. The zero-order valence-electron chi connectivity index (χ0n) is 11.4. The highest BCUT2D eigenvalue weighted by Gasteiger charge is 2.26. The van der Waals surface area contributed by atoms with E-state index in [0.29, 0.717) is 11.3 Å². The van der Waals surface area contributed by atoms with E-state index in [2.05, 4.69) is 10.4 Å². The molecule has 0 bridgehead atoms. The van der Waals surface area contributed by atoms with Crippen LogP contribution >= 0.6 is 0 Å². The Morgan fingerprint density at radius 3 is 2.67 bits per heavy atom. The first kappa shape index (κ1) is 14.4. The molecular formula is C12H13N5O4. The number of carbonyl (C=O) groups excluding carboxylic acids is 2. The van der Waals surface area contributed by atoms with Gasteiger partial charge in [0.2, 0.25) is 5.91 Å². The number of hydrogen-bond donors (Lipinski definition) is 1. The highest BCUT2D eigenvalue weighted by atomic mass is 16.6. The SMILES string of the molecule is CN(C)c1ccc(/C=N\N2CC(=O)NC2=O)cc1[N+](=O)[O-]. The van der Waals surface area contributed by atoms with Crippen LogP contribution in [0, 0.1) is 10.1 Å². The van der Waals surface area contributed by atoms with E-state index in [9.17, 15) is 19.7 Å². The Balaban J connectivity index is 2.25. The summed E-state index contributed by atoms with van der Waals surface area (Å²) in [6.45, 7) is -0.160. The average molecular weight is 291 g/mol. The lowest BCUT2D eigenvalue weighted by atomic mass is 10.2. The topological polar surface area (TPSA) is 108 Å². The van der Waals surface area contributed by atoms with Crippen LogP contribution in [0.25, 0.3) is 0 Å². The quantitative estimate of drug-likeness (QED) is 0.377. The molecule has 1 heterocycles. The summed E-state index contributed by atoms with van der Waals surface area (Å²) in [6.07, 6.45) is 1.30. The number of amides is 3. The van der Waals surface area contributed by atoms with Gasteiger partial charge in [-0.05, 0) is 6.07 Å². The van der Waals surface area contributed by atoms with E-state index in [1.807, 2.05) is 0 Å². The minimum Gasteiger partial charge on any atom is -0.372 e. The molecule has 1 fully saturated rings. The smallest absolute Gasteiger partial charge is 0.344 e. The van der Waals surface area contributed by atoms with Crippen molar-refractivity contribution >= 4 is 29.5 Å². The summed E-state index contributed by atoms with van der Waals surface area (Å²) >= 11 is 0. The number of hydrazone groups is 1. The number of anilines is 1. The third-order valence-electron chi connectivity index (χ3n) is 2.80. The molecule has 0 spiro atoms. The van der Waals surface area contributed by atoms with Gasteiger partial charge in [0.25, 0.3) is 5.69 Å². The van der Waals surface area contributed by atoms with Gasteiger partial charge in [-0.2, -0.15) is 5.10 Å². The number of hydrogen-bond acceptors (Lipinski definition) is 6. The largest absolute Gasteiger partial charge is 0.372 e. The Hall–Kier alpha value is -2.97. The van der Waals surface area contributed by atoms with E-state index in [1.54, 1.807) is 31.1 Å². The second-order valence-electron chi connectivity index (χ2n) is 4.56. The predicted octanol–water partition coefficient (Wildman–Crippen LogP) is 0.546. The third kappa shape index (κ3) is 3.14. The number of nitrogens with zero attached hydrogens (tertiary/aromatic N) is 4. The molecule has 0 aromatic heterocycles. The van der Waals surface area contributed by atoms with Crippen LogP contribution in [0.5, 0.6) is 0 Å². The molecule has 9 nitrogen and oxygen atoms in total. The number of imide groups is 1. The standard InChI is InChI=1S/C12H13N5O4/c1-15(2)9-4-3-8(5-10(9)17(20)21)6-13-16-7-11(18)14-12(16)19/h3-6H,7H2,1-2H3,(H,14,18,19)/b13-6-. The van der Waals surface area contributed by atoms with Gasteiger partial charge in [0, 0.05) is 25.7 Å². The second kappa shape index (κ2) is 5.57. The van der Waals surface area contributed by atoms with E-state index in [-0.39, 0.29) is 12.2 Å². The predicted molar refractivity (Wildman–Crippen MR) is 75.3 cm³/mol. The molecule has 1 aromatic rings. The van der Waals surface area contributed by atoms with Crippen LogP contribution in [0.3, 0.4) is 0 Å². The van der Waals surface area contributed by atoms with E-state index < -0.39 is 16.9 Å². The summed E-state index contributed by atoms with van der Waals surface area (Å²) in [5.74, 6) is -0.439. The minimum atomic E-state index is -0.615. The van der Waals surface area contributed by atoms with Crippen LogP contribution in [-0.4, -0.2) is 48.7 Å². The number of carbonyl (C=O) groups is 2. The van der Waals surface area contributed by atoms with E-state index in [1.165, 1.54) is 12.3 Å². The number of nitro groups is 1. The summed E-state index contributed by atoms with van der Waals surface area (Å²) in [5, 5.41) is 17.9. The lowest BCUT2D eigenvalue weighted by Crippen LogP contribution is -2.24. The number of nitro benzene ring substituents is 1. The maximum Gasteiger partial charge on any atom is 0.344 e. The Labute approximate surface area is 120 Å². The highest BCUT2D eigenvalue weighted by molar-refractivity contribution is 6.02. The van der Waals surface area contributed by atoms with Crippen LogP contribution in [0.4, 0.5) is 16.2 Å². The van der Waals surface area contributed by atoms with E-state index in [4.69, 9.17) is 0 Å². The normalized spacial score (nSPS) is 14.7. The molecule has 2 rings (SSSR count). The van der Waals surface area contributed by atoms with Crippen molar-refractivity contribution in [3.63, 3.8) is 0 Å². The summed E-state index contributed by atoms with van der Waals surface area (Å²) in [6, 6.07) is 3.97. The van der Waals surface area contributed by atoms with Gasteiger partial charge in [0.1, 0.15) is 12.2 Å². The molecule has 0 atom stereocenters. The molecule has 0 aliphatic carbocycles. The Kier molecular flexibility index (Phi) is 3.83. The number of urea groups is 1. The van der Waals surface area contributed by atoms with Gasteiger partial charge in [-0.15, -0.1) is 0 Å². The lowest BCUT2D eigenvalue weighted by molar-refractivity contribution is -0.384. The van der Waals surface area contributed by atoms with Crippen LogP contribution in [0.2, 0.25) is 0 Å². The molecule has 1 N–H and O–H groups in total. The fraction of sp³-hybridized carbons (Fsp3) is 0.250. The first-order valence-electron chi connectivity index (χ1n) is 5.99. The zero-order chi connectivity index (χ0) is 15.6. The van der Waals surface area contributed by atoms with Gasteiger partial charge >= 0.3 is 6.03 Å². The van der Waals surface area contributed by atoms with E-state index in [0.717, 1.165) is 5.01 Å². The van der Waals surface area contributed by atoms with Gasteiger partial charge < -0.3 is 4.90 Å². The maximum absolute atomic E-state index is 11.3. The molecule has 9 heteroatoms. The van der Waals surface area contributed by atoms with Crippen molar-refractivity contribution in [2.75, 3.05) is 25.5 Å². The Morgan fingerprint density at radius 1 is 1.43 bits per heavy atom. The van der Waals surface area contributed by atoms with Crippen molar-refractivity contribution in [3.8, 4) is 0 Å². The molecule has 21 heavy (non-hydrogen) atoms. The second-order valence-corrected chi connectivity index (χ2v) is 4.56. The number of rotatable bonds is 4. The average Bonchev–Trinajstić information content (AvgIpc) is 2.74. The fourth-order valence-electron chi connectivity index (χ4n) is 1.81. The molecule has 3 amide bonds. The number of nitrogens with one attached hydrogen (secondary N) is 1. The third-order valence-corrected chi connectivity index (χ3v) is 2.80. The number of benzene rings is 1. The van der Waals surface area contributed by atoms with Gasteiger partial charge in [0.05, 0.1) is 11.1 Å². The summed E-state index contributed by atoms with van der Waals surface area (Å²) in [5.41, 5.74) is 0.858. The molecule has 110 valence electrons. The molecule has 0 unspecified atom stereocenters. The maximum atomic E-state index is 11.3. The molecule has 1 aliphatic rings. The summed E-state index contributed by atoms with van der Waals surface area (Å²) in [4.78, 5) is 34.5.